The maximum Gasteiger partial charge on any atom is 0.269 e. The number of carbonyl (C=O) groups excluding carboxylic acids is 1. The number of benzene rings is 1. The third-order valence-corrected chi connectivity index (χ3v) is 3.39. The van der Waals surface area contributed by atoms with E-state index >= 15 is 0 Å². The lowest BCUT2D eigenvalue weighted by atomic mass is 9.88. The van der Waals surface area contributed by atoms with Crippen molar-refractivity contribution in [1.82, 2.24) is 10.9 Å². The lowest BCUT2D eigenvalue weighted by Gasteiger charge is -2.23. The Morgan fingerprint density at radius 1 is 1.32 bits per heavy atom. The minimum Gasteiger partial charge on any atom is -0.550 e. The molecule has 7 nitrogen and oxygen atoms in total. The molecule has 0 spiro atoms. The Morgan fingerprint density at radius 3 is 2.42 bits per heavy atom. The summed E-state index contributed by atoms with van der Waals surface area (Å²) in [6, 6.07) is 5.18. The van der Waals surface area contributed by atoms with Crippen LogP contribution < -0.4 is 16.0 Å². The van der Waals surface area contributed by atoms with E-state index in [0.29, 0.717) is 12.0 Å². The maximum atomic E-state index is 11.2. The maximum absolute atomic E-state index is 11.2. The molecule has 19 heavy (non-hydrogen) atoms. The molecule has 0 saturated carbocycles. The first-order valence-electron chi connectivity index (χ1n) is 6.01. The number of non-ortho nitro benzene ring substituents is 1. The fourth-order valence-corrected chi connectivity index (χ4v) is 2.36. The van der Waals surface area contributed by atoms with Crippen LogP contribution in [0, 0.1) is 16.0 Å². The highest BCUT2D eigenvalue weighted by atomic mass is 16.6. The first-order valence-corrected chi connectivity index (χ1v) is 6.01. The molecule has 0 radical (unpaired) electrons. The zero-order valence-electron chi connectivity index (χ0n) is 10.3. The molecule has 7 heteroatoms. The fourth-order valence-electron chi connectivity index (χ4n) is 2.36. The first kappa shape index (κ1) is 13.4. The highest BCUT2D eigenvalue weighted by Gasteiger charge is 2.36. The van der Waals surface area contributed by atoms with Gasteiger partial charge >= 0.3 is 0 Å². The molecule has 1 aliphatic heterocycles. The lowest BCUT2D eigenvalue weighted by Crippen LogP contribution is -2.40. The van der Waals surface area contributed by atoms with E-state index in [1.807, 2.05) is 6.92 Å². The molecule has 2 rings (SSSR count). The number of carbonyl (C=O) groups is 1. The van der Waals surface area contributed by atoms with Crippen LogP contribution in [-0.4, -0.2) is 16.9 Å². The van der Waals surface area contributed by atoms with Crippen molar-refractivity contribution >= 4 is 11.7 Å². The third-order valence-electron chi connectivity index (χ3n) is 3.39. The average Bonchev–Trinajstić information content (AvgIpc) is 2.82. The number of nitrogens with one attached hydrogen (secondary N) is 2. The van der Waals surface area contributed by atoms with Gasteiger partial charge in [-0.3, -0.25) is 15.5 Å². The molecule has 2 N–H and O–H groups in total. The van der Waals surface area contributed by atoms with Gasteiger partial charge in [0.05, 0.1) is 11.0 Å². The molecule has 3 atom stereocenters. The number of hydrogen-bond donors (Lipinski definition) is 2. The van der Waals surface area contributed by atoms with Crippen LogP contribution in [0.2, 0.25) is 0 Å². The molecule has 1 aliphatic rings. The van der Waals surface area contributed by atoms with E-state index in [4.69, 9.17) is 0 Å². The number of aliphatic carboxylic acids is 1. The molecule has 1 heterocycles. The van der Waals surface area contributed by atoms with Crippen LogP contribution in [0.25, 0.3) is 0 Å². The largest absolute Gasteiger partial charge is 0.550 e. The molecular formula is C12H14N3O4-. The zero-order valence-corrected chi connectivity index (χ0v) is 10.3. The molecule has 1 aromatic carbocycles. The van der Waals surface area contributed by atoms with Gasteiger partial charge in [-0.05, 0) is 12.0 Å². The summed E-state index contributed by atoms with van der Waals surface area (Å²) in [5, 5.41) is 21.8. The SMILES string of the molecule is CCC1NNC(c2ccc([N+](=O)[O-])cc2)C1C(=O)[O-]. The molecule has 0 aliphatic carbocycles. The van der Waals surface area contributed by atoms with Crippen LogP contribution in [0.3, 0.4) is 0 Å². The van der Waals surface area contributed by atoms with Crippen LogP contribution >= 0.6 is 0 Å². The molecule has 1 saturated heterocycles. The predicted octanol–water partition coefficient (Wildman–Crippen LogP) is -0.112. The zero-order chi connectivity index (χ0) is 14.0. The van der Waals surface area contributed by atoms with Gasteiger partial charge in [0.2, 0.25) is 0 Å². The Hall–Kier alpha value is -1.99. The Labute approximate surface area is 109 Å². The van der Waals surface area contributed by atoms with Crippen molar-refractivity contribution < 1.29 is 14.8 Å². The number of carboxylic acids is 1. The van der Waals surface area contributed by atoms with Gasteiger partial charge in [0.1, 0.15) is 0 Å². The van der Waals surface area contributed by atoms with Gasteiger partial charge in [-0.2, -0.15) is 0 Å². The van der Waals surface area contributed by atoms with Gasteiger partial charge < -0.3 is 9.90 Å². The summed E-state index contributed by atoms with van der Waals surface area (Å²) in [4.78, 5) is 21.3. The van der Waals surface area contributed by atoms with Crippen LogP contribution in [0.5, 0.6) is 0 Å². The minimum atomic E-state index is -1.13. The second-order valence-corrected chi connectivity index (χ2v) is 4.47. The van der Waals surface area contributed by atoms with E-state index in [1.165, 1.54) is 12.1 Å². The Bertz CT molecular complexity index is 488. The van der Waals surface area contributed by atoms with Crippen LogP contribution in [-0.2, 0) is 4.79 Å². The normalized spacial score (nSPS) is 26.3. The third kappa shape index (κ3) is 2.56. The van der Waals surface area contributed by atoms with Crippen molar-refractivity contribution in [2.24, 2.45) is 5.92 Å². The second kappa shape index (κ2) is 5.33. The monoisotopic (exact) mass is 264 g/mol. The summed E-state index contributed by atoms with van der Waals surface area (Å²) in [6.45, 7) is 1.88. The van der Waals surface area contributed by atoms with Gasteiger partial charge in [-0.15, -0.1) is 0 Å². The lowest BCUT2D eigenvalue weighted by molar-refractivity contribution is -0.384. The minimum absolute atomic E-state index is 0.0215. The topological polar surface area (TPSA) is 107 Å². The van der Waals surface area contributed by atoms with E-state index in [0.717, 1.165) is 0 Å². The van der Waals surface area contributed by atoms with Gasteiger partial charge in [0.15, 0.2) is 0 Å². The van der Waals surface area contributed by atoms with E-state index in [9.17, 15) is 20.0 Å². The van der Waals surface area contributed by atoms with Crippen molar-refractivity contribution in [3.8, 4) is 0 Å². The summed E-state index contributed by atoms with van der Waals surface area (Å²) in [6.07, 6.45) is 0.648. The molecule has 0 amide bonds. The van der Waals surface area contributed by atoms with Crippen LogP contribution in [0.1, 0.15) is 24.9 Å². The van der Waals surface area contributed by atoms with Crippen molar-refractivity contribution in [2.75, 3.05) is 0 Å². The van der Waals surface area contributed by atoms with Crippen molar-refractivity contribution in [3.63, 3.8) is 0 Å². The Morgan fingerprint density at radius 2 is 1.95 bits per heavy atom. The average molecular weight is 264 g/mol. The van der Waals surface area contributed by atoms with Gasteiger partial charge in [-0.1, -0.05) is 19.1 Å². The van der Waals surface area contributed by atoms with Crippen LogP contribution in [0.15, 0.2) is 24.3 Å². The van der Waals surface area contributed by atoms with Crippen LogP contribution in [0.4, 0.5) is 5.69 Å². The summed E-state index contributed by atoms with van der Waals surface area (Å²) in [7, 11) is 0. The Kier molecular flexibility index (Phi) is 3.77. The van der Waals surface area contributed by atoms with E-state index < -0.39 is 22.9 Å². The number of nitrogens with zero attached hydrogens (tertiary/aromatic N) is 1. The van der Waals surface area contributed by atoms with Gasteiger partial charge in [-0.25, -0.2) is 5.43 Å². The molecule has 1 fully saturated rings. The summed E-state index contributed by atoms with van der Waals surface area (Å²) in [5.74, 6) is -1.83. The second-order valence-electron chi connectivity index (χ2n) is 4.47. The predicted molar refractivity (Wildman–Crippen MR) is 64.7 cm³/mol. The Balaban J connectivity index is 2.25. The number of hydrogen-bond acceptors (Lipinski definition) is 6. The highest BCUT2D eigenvalue weighted by molar-refractivity contribution is 5.70. The molecule has 0 aromatic heterocycles. The molecule has 0 bridgehead atoms. The fraction of sp³-hybridized carbons (Fsp3) is 0.417. The number of carboxylic acid groups (broad SMARTS) is 1. The first-order chi connectivity index (χ1) is 9.04. The molecule has 102 valence electrons. The van der Waals surface area contributed by atoms with Gasteiger partial charge in [0, 0.05) is 30.1 Å². The van der Waals surface area contributed by atoms with Crippen molar-refractivity contribution in [2.45, 2.75) is 25.4 Å². The van der Waals surface area contributed by atoms with Crippen molar-refractivity contribution in [3.05, 3.63) is 39.9 Å². The number of hydrazine groups is 1. The smallest absolute Gasteiger partial charge is 0.269 e. The summed E-state index contributed by atoms with van der Waals surface area (Å²) >= 11 is 0. The number of nitro groups is 1. The van der Waals surface area contributed by atoms with E-state index in [1.54, 1.807) is 12.1 Å². The number of rotatable bonds is 4. The summed E-state index contributed by atoms with van der Waals surface area (Å²) in [5.41, 5.74) is 6.49. The van der Waals surface area contributed by atoms with Gasteiger partial charge in [0.25, 0.3) is 5.69 Å². The summed E-state index contributed by atoms with van der Waals surface area (Å²) < 4.78 is 0. The quantitative estimate of drug-likeness (QED) is 0.580. The molecule has 3 unspecified atom stereocenters. The highest BCUT2D eigenvalue weighted by Crippen LogP contribution is 2.30. The van der Waals surface area contributed by atoms with E-state index in [2.05, 4.69) is 10.9 Å². The number of nitro benzene ring substituents is 1. The van der Waals surface area contributed by atoms with Crippen molar-refractivity contribution in [1.29, 1.82) is 0 Å². The molecular weight excluding hydrogens is 250 g/mol. The standard InChI is InChI=1S/C12H15N3O4/c1-2-9-10(12(16)17)11(14-13-9)7-3-5-8(6-4-7)15(18)19/h3-6,9-11,13-14H,2H2,1H3,(H,16,17)/p-1. The van der Waals surface area contributed by atoms with E-state index in [-0.39, 0.29) is 11.7 Å². The molecule has 1 aromatic rings.